The van der Waals surface area contributed by atoms with E-state index in [9.17, 15) is 9.90 Å². The van der Waals surface area contributed by atoms with E-state index in [4.69, 9.17) is 5.11 Å². The number of carbonyl (C=O) groups is 1. The second-order valence-electron chi connectivity index (χ2n) is 2.39. The van der Waals surface area contributed by atoms with E-state index in [2.05, 4.69) is 12.6 Å². The first-order valence-electron chi connectivity index (χ1n) is 3.53. The number of thiol groups is 1. The predicted molar refractivity (Wildman–Crippen MR) is 52.7 cm³/mol. The van der Waals surface area contributed by atoms with Gasteiger partial charge in [0, 0.05) is 5.56 Å². The van der Waals surface area contributed by atoms with Gasteiger partial charge in [-0.3, -0.25) is 0 Å². The zero-order valence-electron chi connectivity index (χ0n) is 6.64. The third-order valence-electron chi connectivity index (χ3n) is 1.45. The molecular formula is C9H8O3S. The number of rotatable bonds is 2. The van der Waals surface area contributed by atoms with Crippen molar-refractivity contribution in [1.82, 2.24) is 0 Å². The van der Waals surface area contributed by atoms with Crippen LogP contribution in [0, 0.1) is 0 Å². The quantitative estimate of drug-likeness (QED) is 0.499. The number of carboxylic acids is 1. The Kier molecular flexibility index (Phi) is 2.97. The molecule has 0 aliphatic rings. The Bertz CT molecular complexity index is 358. The highest BCUT2D eigenvalue weighted by Crippen LogP contribution is 2.19. The van der Waals surface area contributed by atoms with E-state index in [1.807, 2.05) is 0 Å². The third-order valence-corrected chi connectivity index (χ3v) is 1.77. The lowest BCUT2D eigenvalue weighted by Crippen LogP contribution is -1.93. The van der Waals surface area contributed by atoms with E-state index in [0.717, 1.165) is 0 Å². The van der Waals surface area contributed by atoms with Crippen LogP contribution in [0.25, 0.3) is 6.08 Å². The fourth-order valence-electron chi connectivity index (χ4n) is 0.819. The highest BCUT2D eigenvalue weighted by molar-refractivity contribution is 7.85. The Balaban J connectivity index is 3.04. The molecule has 0 amide bonds. The number of hydrogen-bond donors (Lipinski definition) is 3. The maximum atomic E-state index is 10.4. The van der Waals surface area contributed by atoms with E-state index in [0.29, 0.717) is 5.56 Å². The highest BCUT2D eigenvalue weighted by atomic mass is 32.1. The Morgan fingerprint density at radius 2 is 2.00 bits per heavy atom. The van der Waals surface area contributed by atoms with Crippen LogP contribution >= 0.6 is 12.6 Å². The summed E-state index contributed by atoms with van der Waals surface area (Å²) in [7, 11) is 0. The summed E-state index contributed by atoms with van der Waals surface area (Å²) in [6, 6.07) is 6.45. The Morgan fingerprint density at radius 3 is 2.54 bits per heavy atom. The van der Waals surface area contributed by atoms with Gasteiger partial charge in [-0.25, -0.2) is 4.79 Å². The molecule has 1 rings (SSSR count). The van der Waals surface area contributed by atoms with Gasteiger partial charge in [0.05, 0.1) is 4.91 Å². The number of aliphatic carboxylic acids is 1. The second-order valence-corrected chi connectivity index (χ2v) is 2.88. The van der Waals surface area contributed by atoms with Crippen molar-refractivity contribution in [2.24, 2.45) is 0 Å². The van der Waals surface area contributed by atoms with E-state index >= 15 is 0 Å². The molecule has 0 atom stereocenters. The minimum absolute atomic E-state index is 0.0373. The number of aromatic hydroxyl groups is 1. The first kappa shape index (κ1) is 9.67. The number of para-hydroxylation sites is 1. The molecule has 0 aliphatic carbocycles. The molecule has 4 heteroatoms. The van der Waals surface area contributed by atoms with Crippen molar-refractivity contribution < 1.29 is 15.0 Å². The molecule has 0 saturated heterocycles. The van der Waals surface area contributed by atoms with Crippen molar-refractivity contribution in [3.05, 3.63) is 34.7 Å². The molecule has 0 aliphatic heterocycles. The van der Waals surface area contributed by atoms with E-state index in [-0.39, 0.29) is 10.7 Å². The number of hydrogen-bond acceptors (Lipinski definition) is 3. The van der Waals surface area contributed by atoms with Gasteiger partial charge in [-0.2, -0.15) is 0 Å². The summed E-state index contributed by atoms with van der Waals surface area (Å²) in [5.41, 5.74) is 0.440. The van der Waals surface area contributed by atoms with Gasteiger partial charge in [-0.1, -0.05) is 18.2 Å². The fourth-order valence-corrected chi connectivity index (χ4v) is 0.958. The van der Waals surface area contributed by atoms with Gasteiger partial charge in [-0.05, 0) is 12.1 Å². The van der Waals surface area contributed by atoms with Crippen LogP contribution in [0.5, 0.6) is 5.75 Å². The fraction of sp³-hybridized carbons (Fsp3) is 0. The summed E-state index contributed by atoms with van der Waals surface area (Å²) < 4.78 is 0. The van der Waals surface area contributed by atoms with Crippen molar-refractivity contribution in [2.45, 2.75) is 0 Å². The first-order chi connectivity index (χ1) is 6.11. The first-order valence-corrected chi connectivity index (χ1v) is 3.98. The molecule has 0 radical (unpaired) electrons. The molecular weight excluding hydrogens is 188 g/mol. The van der Waals surface area contributed by atoms with E-state index < -0.39 is 5.97 Å². The van der Waals surface area contributed by atoms with Gasteiger partial charge >= 0.3 is 5.97 Å². The molecule has 0 aromatic heterocycles. The number of phenols is 1. The zero-order valence-corrected chi connectivity index (χ0v) is 7.53. The molecule has 0 unspecified atom stereocenters. The van der Waals surface area contributed by atoms with Crippen molar-refractivity contribution in [1.29, 1.82) is 0 Å². The van der Waals surface area contributed by atoms with Gasteiger partial charge in [-0.15, -0.1) is 12.6 Å². The standard InChI is InChI=1S/C9H8O3S/c10-7-4-2-1-3-6(7)5-8(13)9(11)12/h1-5,10,13H,(H,11,12). The number of carboxylic acid groups (broad SMARTS) is 1. The molecule has 0 bridgehead atoms. The maximum absolute atomic E-state index is 10.4. The second kappa shape index (κ2) is 4.00. The molecule has 0 heterocycles. The molecule has 1 aromatic rings. The van der Waals surface area contributed by atoms with Crippen molar-refractivity contribution in [3.63, 3.8) is 0 Å². The summed E-state index contributed by atoms with van der Waals surface area (Å²) in [4.78, 5) is 10.3. The summed E-state index contributed by atoms with van der Waals surface area (Å²) in [5.74, 6) is -1.08. The van der Waals surface area contributed by atoms with Crippen LogP contribution in [0.15, 0.2) is 29.2 Å². The minimum Gasteiger partial charge on any atom is -0.507 e. The van der Waals surface area contributed by atoms with Crippen LogP contribution in [0.4, 0.5) is 0 Å². The summed E-state index contributed by atoms with van der Waals surface area (Å²) >= 11 is 3.73. The summed E-state index contributed by atoms with van der Waals surface area (Å²) in [5, 5.41) is 17.8. The van der Waals surface area contributed by atoms with Crippen LogP contribution in [-0.4, -0.2) is 16.2 Å². The monoisotopic (exact) mass is 196 g/mol. The van der Waals surface area contributed by atoms with E-state index in [1.165, 1.54) is 12.1 Å². The average molecular weight is 196 g/mol. The molecule has 1 aromatic carbocycles. The molecule has 0 fully saturated rings. The van der Waals surface area contributed by atoms with Crippen LogP contribution in [-0.2, 0) is 4.79 Å². The lowest BCUT2D eigenvalue weighted by molar-refractivity contribution is -0.131. The van der Waals surface area contributed by atoms with Gasteiger partial charge in [0.15, 0.2) is 0 Å². The molecule has 2 N–H and O–H groups in total. The predicted octanol–water partition coefficient (Wildman–Crippen LogP) is 1.75. The SMILES string of the molecule is O=C(O)C(S)=Cc1ccccc1O. The largest absolute Gasteiger partial charge is 0.507 e. The van der Waals surface area contributed by atoms with Crippen LogP contribution in [0.1, 0.15) is 5.56 Å². The smallest absolute Gasteiger partial charge is 0.341 e. The molecule has 68 valence electrons. The number of phenolic OH excluding ortho intramolecular Hbond substituents is 1. The summed E-state index contributed by atoms with van der Waals surface area (Å²) in [6.07, 6.45) is 1.29. The molecule has 0 saturated carbocycles. The molecule has 0 spiro atoms. The Hall–Kier alpha value is -1.42. The maximum Gasteiger partial charge on any atom is 0.341 e. The van der Waals surface area contributed by atoms with Gasteiger partial charge < -0.3 is 10.2 Å². The normalized spacial score (nSPS) is 11.3. The van der Waals surface area contributed by atoms with Crippen molar-refractivity contribution >= 4 is 24.7 Å². The van der Waals surface area contributed by atoms with Crippen molar-refractivity contribution in [2.75, 3.05) is 0 Å². The topological polar surface area (TPSA) is 57.5 Å². The Morgan fingerprint density at radius 1 is 1.38 bits per heavy atom. The zero-order chi connectivity index (χ0) is 9.84. The molecule has 13 heavy (non-hydrogen) atoms. The third kappa shape index (κ3) is 2.52. The Labute approximate surface area is 80.7 Å². The molecule has 3 nitrogen and oxygen atoms in total. The minimum atomic E-state index is -1.12. The van der Waals surface area contributed by atoms with Crippen LogP contribution in [0.2, 0.25) is 0 Å². The summed E-state index contributed by atoms with van der Waals surface area (Å²) in [6.45, 7) is 0. The van der Waals surface area contributed by atoms with E-state index in [1.54, 1.807) is 18.2 Å². The number of benzene rings is 1. The highest BCUT2D eigenvalue weighted by Gasteiger charge is 2.02. The lowest BCUT2D eigenvalue weighted by atomic mass is 10.2. The average Bonchev–Trinajstić information content (AvgIpc) is 2.08. The van der Waals surface area contributed by atoms with Crippen LogP contribution in [0.3, 0.4) is 0 Å². The van der Waals surface area contributed by atoms with Crippen molar-refractivity contribution in [3.8, 4) is 5.75 Å². The van der Waals surface area contributed by atoms with Gasteiger partial charge in [0.1, 0.15) is 5.75 Å². The lowest BCUT2D eigenvalue weighted by Gasteiger charge is -1.97. The van der Waals surface area contributed by atoms with Gasteiger partial charge in [0.2, 0.25) is 0 Å². The van der Waals surface area contributed by atoms with Gasteiger partial charge in [0.25, 0.3) is 0 Å². The van der Waals surface area contributed by atoms with Crippen LogP contribution < -0.4 is 0 Å².